The van der Waals surface area contributed by atoms with Crippen molar-refractivity contribution in [2.75, 3.05) is 6.54 Å². The minimum Gasteiger partial charge on any atom is -0.508 e. The van der Waals surface area contributed by atoms with Gasteiger partial charge in [-0.1, -0.05) is 30.3 Å². The average molecular weight is 311 g/mol. The molecule has 0 aromatic heterocycles. The molecule has 1 heterocycles. The molecule has 23 heavy (non-hydrogen) atoms. The largest absolute Gasteiger partial charge is 0.508 e. The fraction of sp³-hybridized carbons (Fsp3) is 0.316. The van der Waals surface area contributed by atoms with Gasteiger partial charge >= 0.3 is 0 Å². The van der Waals surface area contributed by atoms with Crippen molar-refractivity contribution < 1.29 is 15.0 Å². The van der Waals surface area contributed by atoms with E-state index in [-0.39, 0.29) is 29.0 Å². The molecule has 120 valence electrons. The second kappa shape index (κ2) is 6.73. The van der Waals surface area contributed by atoms with Gasteiger partial charge in [0.2, 0.25) is 0 Å². The molecule has 1 atom stereocenters. The fourth-order valence-corrected chi connectivity index (χ4v) is 3.24. The molecule has 1 amide bonds. The highest BCUT2D eigenvalue weighted by Gasteiger charge is 2.30. The number of benzene rings is 2. The summed E-state index contributed by atoms with van der Waals surface area (Å²) in [6, 6.07) is 14.6. The van der Waals surface area contributed by atoms with Crippen LogP contribution in [0.2, 0.25) is 0 Å². The summed E-state index contributed by atoms with van der Waals surface area (Å²) in [7, 11) is 0. The molecule has 4 heteroatoms. The van der Waals surface area contributed by atoms with Gasteiger partial charge in [-0.3, -0.25) is 4.79 Å². The van der Waals surface area contributed by atoms with Crippen molar-refractivity contribution >= 4 is 5.91 Å². The van der Waals surface area contributed by atoms with Crippen LogP contribution in [0.15, 0.2) is 48.5 Å². The number of phenolic OH excluding ortho intramolecular Hbond substituents is 2. The fourth-order valence-electron chi connectivity index (χ4n) is 3.24. The summed E-state index contributed by atoms with van der Waals surface area (Å²) in [5, 5.41) is 19.3. The van der Waals surface area contributed by atoms with Gasteiger partial charge in [-0.2, -0.15) is 0 Å². The Bertz CT molecular complexity index is 684. The maximum absolute atomic E-state index is 12.7. The number of aromatic hydroxyl groups is 2. The molecule has 0 spiro atoms. The number of nitrogens with zero attached hydrogens (tertiary/aromatic N) is 1. The van der Waals surface area contributed by atoms with Gasteiger partial charge in [0.25, 0.3) is 5.91 Å². The van der Waals surface area contributed by atoms with Crippen molar-refractivity contribution in [1.82, 2.24) is 4.90 Å². The van der Waals surface area contributed by atoms with Crippen LogP contribution in [-0.2, 0) is 6.42 Å². The third-order valence-electron chi connectivity index (χ3n) is 4.46. The zero-order chi connectivity index (χ0) is 16.2. The van der Waals surface area contributed by atoms with E-state index in [9.17, 15) is 15.0 Å². The zero-order valence-electron chi connectivity index (χ0n) is 13.0. The molecule has 0 radical (unpaired) electrons. The first-order chi connectivity index (χ1) is 11.1. The molecule has 1 fully saturated rings. The minimum absolute atomic E-state index is 0.0406. The number of carbonyl (C=O) groups is 1. The van der Waals surface area contributed by atoms with Crippen LogP contribution in [0.5, 0.6) is 11.5 Å². The maximum atomic E-state index is 12.7. The Morgan fingerprint density at radius 3 is 2.65 bits per heavy atom. The van der Waals surface area contributed by atoms with Crippen molar-refractivity contribution in [3.05, 3.63) is 59.7 Å². The molecule has 0 bridgehead atoms. The van der Waals surface area contributed by atoms with E-state index >= 15 is 0 Å². The highest BCUT2D eigenvalue weighted by Crippen LogP contribution is 2.28. The molecule has 1 unspecified atom stereocenters. The van der Waals surface area contributed by atoms with Gasteiger partial charge in [0.15, 0.2) is 0 Å². The van der Waals surface area contributed by atoms with Gasteiger partial charge in [-0.15, -0.1) is 0 Å². The summed E-state index contributed by atoms with van der Waals surface area (Å²) in [4.78, 5) is 14.5. The highest BCUT2D eigenvalue weighted by molar-refractivity contribution is 5.97. The van der Waals surface area contributed by atoms with Crippen LogP contribution in [0.4, 0.5) is 0 Å². The summed E-state index contributed by atoms with van der Waals surface area (Å²) in [5.74, 6) is -0.358. The Hall–Kier alpha value is -2.49. The van der Waals surface area contributed by atoms with Crippen LogP contribution < -0.4 is 0 Å². The summed E-state index contributed by atoms with van der Waals surface area (Å²) in [5.41, 5.74) is 1.54. The van der Waals surface area contributed by atoms with Crippen LogP contribution in [0.1, 0.15) is 35.2 Å². The second-order valence-electron chi connectivity index (χ2n) is 6.02. The minimum atomic E-state index is -0.163. The van der Waals surface area contributed by atoms with Crippen LogP contribution in [0.25, 0.3) is 0 Å². The summed E-state index contributed by atoms with van der Waals surface area (Å²) in [6.45, 7) is 0.721. The summed E-state index contributed by atoms with van der Waals surface area (Å²) in [6.07, 6.45) is 3.85. The summed E-state index contributed by atoms with van der Waals surface area (Å²) < 4.78 is 0. The molecular weight excluding hydrogens is 290 g/mol. The molecule has 1 saturated heterocycles. The quantitative estimate of drug-likeness (QED) is 0.910. The van der Waals surface area contributed by atoms with Crippen LogP contribution in [0.3, 0.4) is 0 Å². The number of hydrogen-bond donors (Lipinski definition) is 2. The lowest BCUT2D eigenvalue weighted by Crippen LogP contribution is -2.35. The number of likely N-dealkylation sites (tertiary alicyclic amines) is 1. The molecule has 2 N–H and O–H groups in total. The number of phenols is 2. The van der Waals surface area contributed by atoms with E-state index in [1.54, 1.807) is 0 Å². The van der Waals surface area contributed by atoms with Gasteiger partial charge in [-0.05, 0) is 43.4 Å². The van der Waals surface area contributed by atoms with Gasteiger partial charge in [-0.25, -0.2) is 0 Å². The smallest absolute Gasteiger partial charge is 0.257 e. The van der Waals surface area contributed by atoms with Crippen LogP contribution in [-0.4, -0.2) is 33.6 Å². The SMILES string of the molecule is O=C(c1ccc(O)cc1O)N1CCCC1CCc1ccccc1. The average Bonchev–Trinajstić information content (AvgIpc) is 3.02. The topological polar surface area (TPSA) is 60.8 Å². The van der Waals surface area contributed by atoms with E-state index in [0.717, 1.165) is 32.2 Å². The molecule has 0 saturated carbocycles. The normalized spacial score (nSPS) is 17.4. The molecule has 3 rings (SSSR count). The van der Waals surface area contributed by atoms with Crippen molar-refractivity contribution in [3.63, 3.8) is 0 Å². The molecule has 1 aliphatic rings. The zero-order valence-corrected chi connectivity index (χ0v) is 13.0. The lowest BCUT2D eigenvalue weighted by atomic mass is 10.0. The van der Waals surface area contributed by atoms with E-state index in [1.165, 1.54) is 23.8 Å². The van der Waals surface area contributed by atoms with Crippen molar-refractivity contribution in [3.8, 4) is 11.5 Å². The third kappa shape index (κ3) is 3.47. The Kier molecular flexibility index (Phi) is 4.51. The molecule has 2 aromatic rings. The molecule has 2 aromatic carbocycles. The second-order valence-corrected chi connectivity index (χ2v) is 6.02. The van der Waals surface area contributed by atoms with Gasteiger partial charge < -0.3 is 15.1 Å². The molecule has 4 nitrogen and oxygen atoms in total. The van der Waals surface area contributed by atoms with E-state index < -0.39 is 0 Å². The molecule has 1 aliphatic heterocycles. The molecule has 0 aliphatic carbocycles. The lowest BCUT2D eigenvalue weighted by Gasteiger charge is -2.25. The van der Waals surface area contributed by atoms with Crippen molar-refractivity contribution in [2.45, 2.75) is 31.7 Å². The first-order valence-corrected chi connectivity index (χ1v) is 8.02. The first kappa shape index (κ1) is 15.4. The number of aryl methyl sites for hydroxylation is 1. The Morgan fingerprint density at radius 2 is 1.91 bits per heavy atom. The highest BCUT2D eigenvalue weighted by atomic mass is 16.3. The number of rotatable bonds is 4. The third-order valence-corrected chi connectivity index (χ3v) is 4.46. The Morgan fingerprint density at radius 1 is 1.13 bits per heavy atom. The van der Waals surface area contributed by atoms with E-state index in [4.69, 9.17) is 0 Å². The Balaban J connectivity index is 1.69. The summed E-state index contributed by atoms with van der Waals surface area (Å²) >= 11 is 0. The van der Waals surface area contributed by atoms with Gasteiger partial charge in [0.1, 0.15) is 11.5 Å². The van der Waals surface area contributed by atoms with E-state index in [2.05, 4.69) is 12.1 Å². The molecular formula is C19H21NO3. The lowest BCUT2D eigenvalue weighted by molar-refractivity contribution is 0.0727. The monoisotopic (exact) mass is 311 g/mol. The van der Waals surface area contributed by atoms with Gasteiger partial charge in [0, 0.05) is 18.7 Å². The number of carbonyl (C=O) groups excluding carboxylic acids is 1. The Labute approximate surface area is 136 Å². The number of amides is 1. The first-order valence-electron chi connectivity index (χ1n) is 8.02. The predicted molar refractivity (Wildman–Crippen MR) is 88.6 cm³/mol. The van der Waals surface area contributed by atoms with E-state index in [0.29, 0.717) is 0 Å². The van der Waals surface area contributed by atoms with Gasteiger partial charge in [0.05, 0.1) is 5.56 Å². The van der Waals surface area contributed by atoms with Crippen molar-refractivity contribution in [1.29, 1.82) is 0 Å². The maximum Gasteiger partial charge on any atom is 0.257 e. The van der Waals surface area contributed by atoms with Crippen LogP contribution in [0, 0.1) is 0 Å². The van der Waals surface area contributed by atoms with E-state index in [1.807, 2.05) is 23.1 Å². The standard InChI is InChI=1S/C19H21NO3/c21-16-10-11-17(18(22)13-16)19(23)20-12-4-7-15(20)9-8-14-5-2-1-3-6-14/h1-3,5-6,10-11,13,15,21-22H,4,7-9,12H2. The number of hydrogen-bond acceptors (Lipinski definition) is 3. The van der Waals surface area contributed by atoms with Crippen molar-refractivity contribution in [2.24, 2.45) is 0 Å². The van der Waals surface area contributed by atoms with Crippen LogP contribution >= 0.6 is 0 Å². The predicted octanol–water partition coefficient (Wildman–Crippen LogP) is 3.34.